The van der Waals surface area contributed by atoms with Gasteiger partial charge in [-0.25, -0.2) is 0 Å². The zero-order valence-electron chi connectivity index (χ0n) is 12.1. The lowest BCUT2D eigenvalue weighted by Crippen LogP contribution is -2.35. The average molecular weight is 274 g/mol. The molecule has 1 saturated carbocycles. The molecule has 2 fully saturated rings. The standard InChI is InChI=1S/C17H22O3/c1-13-2-4-15(5-3-13)16(18)12-14-6-8-17(9-7-14)19-10-11-20-17/h2-5,14H,6-12H2,1H3. The van der Waals surface area contributed by atoms with Gasteiger partial charge < -0.3 is 9.47 Å². The van der Waals surface area contributed by atoms with Crippen LogP contribution < -0.4 is 0 Å². The van der Waals surface area contributed by atoms with E-state index in [4.69, 9.17) is 9.47 Å². The number of carbonyl (C=O) groups excluding carboxylic acids is 1. The highest BCUT2D eigenvalue weighted by Gasteiger charge is 2.40. The number of Topliss-reactive ketones (excluding diaryl/α,β-unsaturated/α-hetero) is 1. The second kappa shape index (κ2) is 5.66. The number of hydrogen-bond donors (Lipinski definition) is 0. The van der Waals surface area contributed by atoms with Gasteiger partial charge in [-0.05, 0) is 25.7 Å². The van der Waals surface area contributed by atoms with Crippen molar-refractivity contribution in [1.82, 2.24) is 0 Å². The van der Waals surface area contributed by atoms with Gasteiger partial charge in [-0.15, -0.1) is 0 Å². The van der Waals surface area contributed by atoms with E-state index in [1.807, 2.05) is 31.2 Å². The van der Waals surface area contributed by atoms with Gasteiger partial charge in [0.2, 0.25) is 0 Å². The van der Waals surface area contributed by atoms with E-state index in [2.05, 4.69) is 0 Å². The number of aryl methyl sites for hydroxylation is 1. The summed E-state index contributed by atoms with van der Waals surface area (Å²) in [5.74, 6) is 0.421. The molecule has 0 atom stereocenters. The first kappa shape index (κ1) is 13.8. The Hall–Kier alpha value is -1.19. The molecule has 3 rings (SSSR count). The van der Waals surface area contributed by atoms with Crippen LogP contribution in [-0.4, -0.2) is 24.8 Å². The largest absolute Gasteiger partial charge is 0.348 e. The number of rotatable bonds is 3. The Morgan fingerprint density at radius 1 is 1.15 bits per heavy atom. The van der Waals surface area contributed by atoms with Gasteiger partial charge in [0.05, 0.1) is 13.2 Å². The van der Waals surface area contributed by atoms with E-state index < -0.39 is 0 Å². The molecule has 2 aliphatic rings. The van der Waals surface area contributed by atoms with Crippen LogP contribution in [0.1, 0.15) is 48.0 Å². The summed E-state index contributed by atoms with van der Waals surface area (Å²) in [5, 5.41) is 0. The molecule has 0 radical (unpaired) electrons. The maximum atomic E-state index is 12.3. The lowest BCUT2D eigenvalue weighted by atomic mass is 9.81. The topological polar surface area (TPSA) is 35.5 Å². The van der Waals surface area contributed by atoms with Crippen LogP contribution >= 0.6 is 0 Å². The Morgan fingerprint density at radius 3 is 2.35 bits per heavy atom. The Kier molecular flexibility index (Phi) is 3.90. The predicted octanol–water partition coefficient (Wildman–Crippen LogP) is 3.50. The van der Waals surface area contributed by atoms with E-state index in [1.54, 1.807) is 0 Å². The lowest BCUT2D eigenvalue weighted by molar-refractivity contribution is -0.182. The van der Waals surface area contributed by atoms with Gasteiger partial charge in [0.15, 0.2) is 11.6 Å². The Bertz CT molecular complexity index is 462. The van der Waals surface area contributed by atoms with Crippen LogP contribution in [0.2, 0.25) is 0 Å². The van der Waals surface area contributed by atoms with Crippen molar-refractivity contribution >= 4 is 5.78 Å². The molecule has 1 saturated heterocycles. The molecular weight excluding hydrogens is 252 g/mol. The maximum absolute atomic E-state index is 12.3. The molecule has 1 heterocycles. The van der Waals surface area contributed by atoms with Crippen LogP contribution in [0.15, 0.2) is 24.3 Å². The van der Waals surface area contributed by atoms with Crippen LogP contribution in [-0.2, 0) is 9.47 Å². The van der Waals surface area contributed by atoms with E-state index in [1.165, 1.54) is 5.56 Å². The minimum Gasteiger partial charge on any atom is -0.348 e. The highest BCUT2D eigenvalue weighted by Crippen LogP contribution is 2.39. The minimum atomic E-state index is -0.316. The molecule has 0 N–H and O–H groups in total. The fourth-order valence-corrected chi connectivity index (χ4v) is 3.23. The van der Waals surface area contributed by atoms with E-state index >= 15 is 0 Å². The summed E-state index contributed by atoms with van der Waals surface area (Å²) >= 11 is 0. The summed E-state index contributed by atoms with van der Waals surface area (Å²) in [7, 11) is 0. The number of benzene rings is 1. The minimum absolute atomic E-state index is 0.263. The van der Waals surface area contributed by atoms with Gasteiger partial charge in [0.1, 0.15) is 0 Å². The number of ketones is 1. The van der Waals surface area contributed by atoms with Gasteiger partial charge in [0, 0.05) is 24.8 Å². The van der Waals surface area contributed by atoms with E-state index in [0.717, 1.165) is 31.2 Å². The van der Waals surface area contributed by atoms with Crippen molar-refractivity contribution in [3.8, 4) is 0 Å². The van der Waals surface area contributed by atoms with Crippen LogP contribution in [0.4, 0.5) is 0 Å². The Balaban J connectivity index is 1.54. The fourth-order valence-electron chi connectivity index (χ4n) is 3.23. The molecule has 3 heteroatoms. The smallest absolute Gasteiger partial charge is 0.168 e. The van der Waals surface area contributed by atoms with Crippen LogP contribution in [0.25, 0.3) is 0 Å². The SMILES string of the molecule is Cc1ccc(C(=O)CC2CCC3(CC2)OCCO3)cc1. The van der Waals surface area contributed by atoms with Crippen LogP contribution in [0, 0.1) is 12.8 Å². The maximum Gasteiger partial charge on any atom is 0.168 e. The molecule has 1 aliphatic heterocycles. The van der Waals surface area contributed by atoms with Crippen molar-refractivity contribution in [2.24, 2.45) is 5.92 Å². The third-order valence-electron chi connectivity index (χ3n) is 4.53. The number of hydrogen-bond acceptors (Lipinski definition) is 3. The number of ether oxygens (including phenoxy) is 2. The monoisotopic (exact) mass is 274 g/mol. The quantitative estimate of drug-likeness (QED) is 0.791. The number of carbonyl (C=O) groups is 1. The van der Waals surface area contributed by atoms with Crippen molar-refractivity contribution in [2.45, 2.75) is 44.8 Å². The lowest BCUT2D eigenvalue weighted by Gasteiger charge is -2.35. The summed E-state index contributed by atoms with van der Waals surface area (Å²) in [6.45, 7) is 3.47. The molecule has 0 aromatic heterocycles. The first-order valence-corrected chi connectivity index (χ1v) is 7.55. The summed E-state index contributed by atoms with van der Waals surface area (Å²) in [6.07, 6.45) is 4.56. The zero-order valence-corrected chi connectivity index (χ0v) is 12.1. The first-order valence-electron chi connectivity index (χ1n) is 7.55. The highest BCUT2D eigenvalue weighted by molar-refractivity contribution is 5.96. The van der Waals surface area contributed by atoms with E-state index in [0.29, 0.717) is 25.6 Å². The molecule has 1 aromatic carbocycles. The summed E-state index contributed by atoms with van der Waals surface area (Å²) in [6, 6.07) is 7.88. The molecule has 1 aromatic rings. The van der Waals surface area contributed by atoms with Crippen molar-refractivity contribution in [3.63, 3.8) is 0 Å². The molecule has 0 unspecified atom stereocenters. The normalized spacial score (nSPS) is 22.2. The van der Waals surface area contributed by atoms with Gasteiger partial charge in [-0.2, -0.15) is 0 Å². The van der Waals surface area contributed by atoms with E-state index in [-0.39, 0.29) is 11.6 Å². The molecule has 20 heavy (non-hydrogen) atoms. The summed E-state index contributed by atoms with van der Waals surface area (Å²) in [4.78, 5) is 12.3. The molecular formula is C17H22O3. The van der Waals surface area contributed by atoms with Gasteiger partial charge in [-0.1, -0.05) is 29.8 Å². The van der Waals surface area contributed by atoms with Crippen molar-refractivity contribution in [2.75, 3.05) is 13.2 Å². The summed E-state index contributed by atoms with van der Waals surface area (Å²) < 4.78 is 11.5. The van der Waals surface area contributed by atoms with Crippen molar-refractivity contribution in [3.05, 3.63) is 35.4 Å². The molecule has 3 nitrogen and oxygen atoms in total. The third kappa shape index (κ3) is 2.94. The highest BCUT2D eigenvalue weighted by atomic mass is 16.7. The average Bonchev–Trinajstić information content (AvgIpc) is 2.91. The predicted molar refractivity (Wildman–Crippen MR) is 76.7 cm³/mol. The Morgan fingerprint density at radius 2 is 1.75 bits per heavy atom. The van der Waals surface area contributed by atoms with Gasteiger partial charge in [0.25, 0.3) is 0 Å². The van der Waals surface area contributed by atoms with E-state index in [9.17, 15) is 4.79 Å². The molecule has 108 valence electrons. The third-order valence-corrected chi connectivity index (χ3v) is 4.53. The molecule has 0 bridgehead atoms. The first-order chi connectivity index (χ1) is 9.67. The zero-order chi connectivity index (χ0) is 14.0. The van der Waals surface area contributed by atoms with Crippen LogP contribution in [0.3, 0.4) is 0 Å². The summed E-state index contributed by atoms with van der Waals surface area (Å²) in [5.41, 5.74) is 2.03. The second-order valence-electron chi connectivity index (χ2n) is 6.04. The molecule has 1 aliphatic carbocycles. The Labute approximate surface area is 120 Å². The van der Waals surface area contributed by atoms with Crippen molar-refractivity contribution in [1.29, 1.82) is 0 Å². The second-order valence-corrected chi connectivity index (χ2v) is 6.04. The van der Waals surface area contributed by atoms with Crippen molar-refractivity contribution < 1.29 is 14.3 Å². The van der Waals surface area contributed by atoms with Gasteiger partial charge >= 0.3 is 0 Å². The fraction of sp³-hybridized carbons (Fsp3) is 0.588. The van der Waals surface area contributed by atoms with Crippen LogP contribution in [0.5, 0.6) is 0 Å². The molecule has 0 amide bonds. The molecule has 1 spiro atoms. The van der Waals surface area contributed by atoms with Gasteiger partial charge in [-0.3, -0.25) is 4.79 Å².